The maximum Gasteiger partial charge on any atom is 0.118 e. The molecule has 1 aliphatic carbocycles. The number of benzene rings is 2. The van der Waals surface area contributed by atoms with Gasteiger partial charge in [-0.1, -0.05) is 48.9 Å². The zero-order valence-corrected chi connectivity index (χ0v) is 18.3. The van der Waals surface area contributed by atoms with Gasteiger partial charge in [0.1, 0.15) is 5.75 Å². The maximum absolute atomic E-state index is 12.2. The molecule has 0 spiro atoms. The van der Waals surface area contributed by atoms with E-state index in [1.165, 1.54) is 11.1 Å². The fraction of sp³-hybridized carbons (Fsp3) is 0.462. The van der Waals surface area contributed by atoms with Gasteiger partial charge in [-0.15, -0.1) is 0 Å². The van der Waals surface area contributed by atoms with E-state index in [0.717, 1.165) is 49.1 Å². The number of rotatable bonds is 6. The molecule has 1 N–H and O–H groups in total. The maximum atomic E-state index is 12.2. The topological polar surface area (TPSA) is 32.7 Å². The summed E-state index contributed by atoms with van der Waals surface area (Å²) >= 11 is 0. The largest absolute Gasteiger partial charge is 0.497 e. The monoisotopic (exact) mass is 393 g/mol. The Bertz CT molecular complexity index is 825. The summed E-state index contributed by atoms with van der Waals surface area (Å²) in [6, 6.07) is 16.6. The minimum absolute atomic E-state index is 0.212. The second kappa shape index (κ2) is 9.60. The third-order valence-electron chi connectivity index (χ3n) is 6.24. The summed E-state index contributed by atoms with van der Waals surface area (Å²) in [7, 11) is 5.89. The van der Waals surface area contributed by atoms with E-state index in [-0.39, 0.29) is 5.92 Å². The summed E-state index contributed by atoms with van der Waals surface area (Å²) < 4.78 is 5.30. The molecule has 0 amide bonds. The number of aryl methyl sites for hydroxylation is 1. The molecule has 3 nitrogen and oxygen atoms in total. The van der Waals surface area contributed by atoms with E-state index >= 15 is 0 Å². The van der Waals surface area contributed by atoms with Crippen LogP contribution in [0.5, 0.6) is 5.75 Å². The van der Waals surface area contributed by atoms with Crippen LogP contribution in [0.15, 0.2) is 54.1 Å². The molecule has 2 aromatic carbocycles. The average molecular weight is 394 g/mol. The molecule has 1 saturated carbocycles. The van der Waals surface area contributed by atoms with Crippen molar-refractivity contribution in [1.82, 2.24) is 4.90 Å². The lowest BCUT2D eigenvalue weighted by Crippen LogP contribution is -2.45. The average Bonchev–Trinajstić information content (AvgIpc) is 2.84. The number of ether oxygens (including phenoxy) is 1. The molecule has 0 aliphatic heterocycles. The molecule has 0 heterocycles. The molecule has 1 aliphatic rings. The van der Waals surface area contributed by atoms with Gasteiger partial charge >= 0.3 is 0 Å². The van der Waals surface area contributed by atoms with Crippen LogP contribution in [-0.4, -0.2) is 43.4 Å². The highest BCUT2D eigenvalue weighted by Crippen LogP contribution is 2.41. The number of hydrogen-bond acceptors (Lipinski definition) is 3. The van der Waals surface area contributed by atoms with Crippen molar-refractivity contribution in [3.63, 3.8) is 0 Å². The van der Waals surface area contributed by atoms with E-state index in [4.69, 9.17) is 4.74 Å². The van der Waals surface area contributed by atoms with Crippen LogP contribution < -0.4 is 4.74 Å². The summed E-state index contributed by atoms with van der Waals surface area (Å²) in [6.45, 7) is 3.03. The van der Waals surface area contributed by atoms with Crippen LogP contribution in [0.1, 0.15) is 42.4 Å². The van der Waals surface area contributed by atoms with Crippen LogP contribution in [0.2, 0.25) is 0 Å². The Morgan fingerprint density at radius 1 is 1.10 bits per heavy atom. The van der Waals surface area contributed by atoms with Crippen molar-refractivity contribution in [2.75, 3.05) is 27.7 Å². The van der Waals surface area contributed by atoms with Crippen LogP contribution >= 0.6 is 0 Å². The number of aliphatic hydroxyl groups is 1. The summed E-state index contributed by atoms with van der Waals surface area (Å²) in [4.78, 5) is 2.21. The molecular formula is C26H35NO2. The molecule has 3 heteroatoms. The van der Waals surface area contributed by atoms with Crippen molar-refractivity contribution in [2.24, 2.45) is 5.92 Å². The Balaban J connectivity index is 2.03. The molecule has 1 fully saturated rings. The van der Waals surface area contributed by atoms with Gasteiger partial charge in [0.15, 0.2) is 0 Å². The van der Waals surface area contributed by atoms with Crippen LogP contribution in [0.3, 0.4) is 0 Å². The lowest BCUT2D eigenvalue weighted by atomic mass is 9.74. The van der Waals surface area contributed by atoms with Gasteiger partial charge in [0, 0.05) is 18.9 Å². The van der Waals surface area contributed by atoms with Crippen molar-refractivity contribution < 1.29 is 9.84 Å². The number of nitrogens with zero attached hydrogens (tertiary/aromatic N) is 1. The van der Waals surface area contributed by atoms with Crippen LogP contribution in [-0.2, 0) is 6.42 Å². The third-order valence-corrected chi connectivity index (χ3v) is 6.24. The molecule has 0 aromatic heterocycles. The first-order chi connectivity index (χ1) is 13.9. The summed E-state index contributed by atoms with van der Waals surface area (Å²) in [5.74, 6) is 1.07. The van der Waals surface area contributed by atoms with E-state index < -0.39 is 5.60 Å². The second-order valence-electron chi connectivity index (χ2n) is 8.68. The third kappa shape index (κ3) is 5.29. The molecule has 29 heavy (non-hydrogen) atoms. The fourth-order valence-electron chi connectivity index (χ4n) is 4.56. The van der Waals surface area contributed by atoms with Crippen LogP contribution in [0.4, 0.5) is 0 Å². The van der Waals surface area contributed by atoms with Crippen molar-refractivity contribution in [1.29, 1.82) is 0 Å². The van der Waals surface area contributed by atoms with Gasteiger partial charge in [-0.3, -0.25) is 0 Å². The predicted octanol–water partition coefficient (Wildman–Crippen LogP) is 5.11. The Labute approximate surface area is 176 Å². The van der Waals surface area contributed by atoms with E-state index in [2.05, 4.69) is 68.4 Å². The van der Waals surface area contributed by atoms with Gasteiger partial charge in [0.25, 0.3) is 0 Å². The van der Waals surface area contributed by atoms with Crippen molar-refractivity contribution in [3.05, 3.63) is 70.8 Å². The lowest BCUT2D eigenvalue weighted by molar-refractivity contribution is 0.00505. The summed E-state index contributed by atoms with van der Waals surface area (Å²) in [5.41, 5.74) is 3.93. The van der Waals surface area contributed by atoms with Gasteiger partial charge in [-0.05, 0) is 74.7 Å². The molecule has 2 atom stereocenters. The normalized spacial score (nSPS) is 23.9. The van der Waals surface area contributed by atoms with E-state index in [9.17, 15) is 5.11 Å². The van der Waals surface area contributed by atoms with E-state index in [1.54, 1.807) is 7.11 Å². The van der Waals surface area contributed by atoms with Crippen LogP contribution in [0.25, 0.3) is 6.08 Å². The van der Waals surface area contributed by atoms with Gasteiger partial charge < -0.3 is 14.7 Å². The molecule has 156 valence electrons. The van der Waals surface area contributed by atoms with Crippen molar-refractivity contribution >= 4 is 6.08 Å². The van der Waals surface area contributed by atoms with Gasteiger partial charge in [-0.25, -0.2) is 0 Å². The first kappa shape index (κ1) is 21.6. The van der Waals surface area contributed by atoms with E-state index in [0.29, 0.717) is 6.42 Å². The zero-order valence-electron chi connectivity index (χ0n) is 18.3. The standard InChI is InChI=1S/C26H35NO2/c1-20-9-5-6-10-22(20)18-26(28)23(11-7-8-12-24(26)19-27(2)3)17-21-13-15-25(29-4)16-14-21/h5-6,9-10,13-17,24,28H,7-8,11-12,18-19H2,1-4H3/b23-17+. The molecule has 0 bridgehead atoms. The number of hydrogen-bond donors (Lipinski definition) is 1. The molecule has 2 aromatic rings. The number of methoxy groups -OCH3 is 1. The fourth-order valence-corrected chi connectivity index (χ4v) is 4.56. The lowest BCUT2D eigenvalue weighted by Gasteiger charge is -2.39. The van der Waals surface area contributed by atoms with Gasteiger partial charge in [0.2, 0.25) is 0 Å². The first-order valence-electron chi connectivity index (χ1n) is 10.7. The minimum Gasteiger partial charge on any atom is -0.497 e. The summed E-state index contributed by atoms with van der Waals surface area (Å²) in [5, 5.41) is 12.2. The first-order valence-corrected chi connectivity index (χ1v) is 10.7. The second-order valence-corrected chi connectivity index (χ2v) is 8.68. The molecule has 0 radical (unpaired) electrons. The smallest absolute Gasteiger partial charge is 0.118 e. The molecule has 0 saturated heterocycles. The van der Waals surface area contributed by atoms with E-state index in [1.807, 2.05) is 12.1 Å². The van der Waals surface area contributed by atoms with Gasteiger partial charge in [0.05, 0.1) is 12.7 Å². The Hall–Kier alpha value is -2.10. The highest BCUT2D eigenvalue weighted by molar-refractivity contribution is 5.57. The Kier molecular flexibility index (Phi) is 7.15. The SMILES string of the molecule is COc1ccc(/C=C2\CCCCC(CN(C)C)C2(O)Cc2ccccc2C)cc1. The predicted molar refractivity (Wildman–Crippen MR) is 121 cm³/mol. The molecule has 3 rings (SSSR count). The minimum atomic E-state index is -0.840. The summed E-state index contributed by atoms with van der Waals surface area (Å²) in [6.07, 6.45) is 7.17. The molecular weight excluding hydrogens is 358 g/mol. The van der Waals surface area contributed by atoms with Crippen molar-refractivity contribution in [3.8, 4) is 5.75 Å². The zero-order chi connectivity index (χ0) is 20.9. The Morgan fingerprint density at radius 2 is 1.83 bits per heavy atom. The quantitative estimate of drug-likeness (QED) is 0.692. The highest BCUT2D eigenvalue weighted by atomic mass is 16.5. The van der Waals surface area contributed by atoms with Gasteiger partial charge in [-0.2, -0.15) is 0 Å². The molecule has 2 unspecified atom stereocenters. The highest BCUT2D eigenvalue weighted by Gasteiger charge is 2.41. The van der Waals surface area contributed by atoms with Crippen molar-refractivity contribution in [2.45, 2.75) is 44.6 Å². The van der Waals surface area contributed by atoms with Crippen LogP contribution in [0, 0.1) is 12.8 Å². The Morgan fingerprint density at radius 3 is 2.48 bits per heavy atom.